The summed E-state index contributed by atoms with van der Waals surface area (Å²) < 4.78 is 22.7. The van der Waals surface area contributed by atoms with Crippen LogP contribution in [0.2, 0.25) is 0 Å². The monoisotopic (exact) mass is 455 g/mol. The zero-order valence-electron chi connectivity index (χ0n) is 18.6. The number of aromatic nitrogens is 1. The van der Waals surface area contributed by atoms with Crippen LogP contribution in [0.25, 0.3) is 33.2 Å². The number of ketones is 1. The van der Waals surface area contributed by atoms with Crippen molar-refractivity contribution in [2.75, 3.05) is 20.8 Å². The summed E-state index contributed by atoms with van der Waals surface area (Å²) in [6.45, 7) is -0.328. The van der Waals surface area contributed by atoms with Crippen molar-refractivity contribution in [3.63, 3.8) is 0 Å². The van der Waals surface area contributed by atoms with Gasteiger partial charge in [0.25, 0.3) is 0 Å². The zero-order chi connectivity index (χ0) is 23.7. The second-order valence-corrected chi connectivity index (χ2v) is 7.62. The van der Waals surface area contributed by atoms with Gasteiger partial charge in [-0.3, -0.25) is 9.59 Å². The lowest BCUT2D eigenvalue weighted by Crippen LogP contribution is -2.17. The van der Waals surface area contributed by atoms with Gasteiger partial charge < -0.3 is 23.6 Å². The van der Waals surface area contributed by atoms with Crippen LogP contribution in [0.4, 0.5) is 0 Å². The van der Waals surface area contributed by atoms with Crippen molar-refractivity contribution in [1.82, 2.24) is 4.98 Å². The molecule has 3 aromatic carbocycles. The molecule has 0 radical (unpaired) electrons. The van der Waals surface area contributed by atoms with E-state index in [-0.39, 0.29) is 29.3 Å². The molecular weight excluding hydrogens is 434 g/mol. The average Bonchev–Trinajstić information content (AvgIpc) is 3.32. The molecule has 2 heterocycles. The Hall–Kier alpha value is -4.52. The third kappa shape index (κ3) is 3.67. The zero-order valence-corrected chi connectivity index (χ0v) is 18.6. The van der Waals surface area contributed by atoms with Crippen LogP contribution in [0.5, 0.6) is 17.2 Å². The smallest absolute Gasteiger partial charge is 0.235 e. The van der Waals surface area contributed by atoms with E-state index in [0.29, 0.717) is 33.6 Å². The van der Waals surface area contributed by atoms with Gasteiger partial charge in [-0.05, 0) is 36.4 Å². The molecule has 0 saturated heterocycles. The molecule has 0 aliphatic rings. The minimum Gasteiger partial charge on any atom is -0.493 e. The summed E-state index contributed by atoms with van der Waals surface area (Å²) in [4.78, 5) is 29.4. The van der Waals surface area contributed by atoms with Gasteiger partial charge in [0.2, 0.25) is 17.0 Å². The molecule has 7 heteroatoms. The summed E-state index contributed by atoms with van der Waals surface area (Å²) >= 11 is 0. The lowest BCUT2D eigenvalue weighted by molar-refractivity contribution is 0.0922. The lowest BCUT2D eigenvalue weighted by Gasteiger charge is -2.13. The number of methoxy groups -OCH3 is 2. The molecule has 0 aliphatic heterocycles. The molecule has 0 unspecified atom stereocenters. The first kappa shape index (κ1) is 21.3. The number of para-hydroxylation sites is 2. The molecule has 0 bridgehead atoms. The quantitative estimate of drug-likeness (QED) is 0.338. The first-order valence-corrected chi connectivity index (χ1v) is 10.6. The molecular formula is C27H21NO6. The Bertz CT molecular complexity index is 1580. The number of H-pyrrole nitrogens is 1. The Kier molecular flexibility index (Phi) is 5.51. The van der Waals surface area contributed by atoms with Gasteiger partial charge in [-0.25, -0.2) is 0 Å². The standard InChI is InChI=1S/C27H21NO6/c1-31-23-12-11-16(13-24(23)32-2)26-27(25(30)18-8-4-6-10-22(18)34-26)33-15-21(29)19-14-28-20-9-5-3-7-17(19)20/h3-14,28H,15H2,1-2H3. The minimum absolute atomic E-state index is 0.0425. The molecule has 2 aromatic heterocycles. The minimum atomic E-state index is -0.363. The van der Waals surface area contributed by atoms with Crippen LogP contribution in [0.1, 0.15) is 10.4 Å². The van der Waals surface area contributed by atoms with Gasteiger partial charge in [0.1, 0.15) is 5.58 Å². The number of hydrogen-bond acceptors (Lipinski definition) is 6. The molecule has 5 rings (SSSR count). The van der Waals surface area contributed by atoms with Gasteiger partial charge in [-0.1, -0.05) is 30.3 Å². The SMILES string of the molecule is COc1ccc(-c2oc3ccccc3c(=O)c2OCC(=O)c2c[nH]c3ccccc23)cc1OC. The molecule has 170 valence electrons. The second kappa shape index (κ2) is 8.78. The van der Waals surface area contributed by atoms with E-state index in [1.807, 2.05) is 24.3 Å². The number of fused-ring (bicyclic) bond motifs is 2. The van der Waals surface area contributed by atoms with E-state index in [1.165, 1.54) is 7.11 Å². The highest BCUT2D eigenvalue weighted by atomic mass is 16.5. The van der Waals surface area contributed by atoms with Crippen molar-refractivity contribution < 1.29 is 23.4 Å². The van der Waals surface area contributed by atoms with Gasteiger partial charge in [0, 0.05) is 28.2 Å². The first-order valence-electron chi connectivity index (χ1n) is 10.6. The topological polar surface area (TPSA) is 90.8 Å². The van der Waals surface area contributed by atoms with Crippen molar-refractivity contribution >= 4 is 27.7 Å². The van der Waals surface area contributed by atoms with Crippen molar-refractivity contribution in [3.8, 4) is 28.6 Å². The normalized spacial score (nSPS) is 11.0. The highest BCUT2D eigenvalue weighted by Gasteiger charge is 2.21. The van der Waals surface area contributed by atoms with E-state index in [9.17, 15) is 9.59 Å². The van der Waals surface area contributed by atoms with Crippen molar-refractivity contribution in [1.29, 1.82) is 0 Å². The van der Waals surface area contributed by atoms with Crippen molar-refractivity contribution in [2.24, 2.45) is 0 Å². The Morgan fingerprint density at radius 3 is 2.44 bits per heavy atom. The first-order chi connectivity index (χ1) is 16.6. The van der Waals surface area contributed by atoms with E-state index in [0.717, 1.165) is 10.9 Å². The Labute approximate surface area is 194 Å². The summed E-state index contributed by atoms with van der Waals surface area (Å²) in [5.74, 6) is 0.904. The van der Waals surface area contributed by atoms with Gasteiger partial charge in [0.05, 0.1) is 19.6 Å². The van der Waals surface area contributed by atoms with Gasteiger partial charge in [0.15, 0.2) is 23.9 Å². The number of nitrogens with one attached hydrogen (secondary N) is 1. The maximum Gasteiger partial charge on any atom is 0.235 e. The highest BCUT2D eigenvalue weighted by molar-refractivity contribution is 6.08. The molecule has 0 saturated carbocycles. The van der Waals surface area contributed by atoms with Crippen LogP contribution >= 0.6 is 0 Å². The maximum absolute atomic E-state index is 13.4. The molecule has 0 atom stereocenters. The highest BCUT2D eigenvalue weighted by Crippen LogP contribution is 2.36. The van der Waals surface area contributed by atoms with Gasteiger partial charge >= 0.3 is 0 Å². The van der Waals surface area contributed by atoms with E-state index in [1.54, 1.807) is 55.8 Å². The molecule has 0 fully saturated rings. The number of benzene rings is 3. The van der Waals surface area contributed by atoms with Crippen LogP contribution in [0.3, 0.4) is 0 Å². The number of carbonyl (C=O) groups is 1. The number of Topliss-reactive ketones (excluding diaryl/α,β-unsaturated/α-hetero) is 1. The fourth-order valence-electron chi connectivity index (χ4n) is 3.94. The molecule has 0 amide bonds. The van der Waals surface area contributed by atoms with Crippen LogP contribution in [-0.2, 0) is 0 Å². The Morgan fingerprint density at radius 1 is 0.912 bits per heavy atom. The third-order valence-corrected chi connectivity index (χ3v) is 5.64. The maximum atomic E-state index is 13.4. The van der Waals surface area contributed by atoms with Gasteiger partial charge in [-0.2, -0.15) is 0 Å². The van der Waals surface area contributed by atoms with Crippen LogP contribution in [0.15, 0.2) is 82.1 Å². The van der Waals surface area contributed by atoms with Crippen molar-refractivity contribution in [2.45, 2.75) is 0 Å². The van der Waals surface area contributed by atoms with E-state index in [4.69, 9.17) is 18.6 Å². The molecule has 7 nitrogen and oxygen atoms in total. The number of aromatic amines is 1. The van der Waals surface area contributed by atoms with E-state index >= 15 is 0 Å². The summed E-state index contributed by atoms with van der Waals surface area (Å²) in [6.07, 6.45) is 1.65. The molecule has 34 heavy (non-hydrogen) atoms. The van der Waals surface area contributed by atoms with E-state index in [2.05, 4.69) is 4.98 Å². The lowest BCUT2D eigenvalue weighted by atomic mass is 10.1. The summed E-state index contributed by atoms with van der Waals surface area (Å²) in [5, 5.41) is 1.16. The average molecular weight is 455 g/mol. The predicted octanol–water partition coefficient (Wildman–Crippen LogP) is 5.22. The summed E-state index contributed by atoms with van der Waals surface area (Å²) in [6, 6.07) is 19.5. The fourth-order valence-corrected chi connectivity index (χ4v) is 3.94. The molecule has 0 aliphatic carbocycles. The summed E-state index contributed by atoms with van der Waals surface area (Å²) in [7, 11) is 3.06. The largest absolute Gasteiger partial charge is 0.493 e. The van der Waals surface area contributed by atoms with Crippen molar-refractivity contribution in [3.05, 3.63) is 88.7 Å². The van der Waals surface area contributed by atoms with Gasteiger partial charge in [-0.15, -0.1) is 0 Å². The number of carbonyl (C=O) groups excluding carboxylic acids is 1. The number of ether oxygens (including phenoxy) is 3. The predicted molar refractivity (Wildman–Crippen MR) is 129 cm³/mol. The van der Waals surface area contributed by atoms with E-state index < -0.39 is 0 Å². The Morgan fingerprint density at radius 2 is 1.65 bits per heavy atom. The number of rotatable bonds is 7. The molecule has 5 aromatic rings. The third-order valence-electron chi connectivity index (χ3n) is 5.64. The van der Waals surface area contributed by atoms with Crippen LogP contribution in [-0.4, -0.2) is 31.6 Å². The number of hydrogen-bond donors (Lipinski definition) is 1. The molecule has 0 spiro atoms. The Balaban J connectivity index is 1.58. The second-order valence-electron chi connectivity index (χ2n) is 7.62. The molecule has 1 N–H and O–H groups in total. The van der Waals surface area contributed by atoms with Crippen LogP contribution < -0.4 is 19.6 Å². The summed E-state index contributed by atoms with van der Waals surface area (Å²) in [5.41, 5.74) is 1.94. The fraction of sp³-hybridized carbons (Fsp3) is 0.111. The van der Waals surface area contributed by atoms with Crippen LogP contribution in [0, 0.1) is 0 Å².